The van der Waals surface area contributed by atoms with Gasteiger partial charge in [0.2, 0.25) is 0 Å². The molecule has 0 aromatic heterocycles. The number of terminal acetylenes is 1. The Balaban J connectivity index is 0.00000106. The van der Waals surface area contributed by atoms with Crippen molar-refractivity contribution in [1.82, 2.24) is 4.90 Å². The molecule has 21 heavy (non-hydrogen) atoms. The minimum atomic E-state index is 0.808. The van der Waals surface area contributed by atoms with Gasteiger partial charge < -0.3 is 14.4 Å². The number of aryl methyl sites for hydroxylation is 1. The Morgan fingerprint density at radius 1 is 1.00 bits per heavy atom. The maximum Gasteiger partial charge on any atom is 0.160 e. The molecule has 0 aliphatic carbocycles. The Bertz CT molecular complexity index is 422. The van der Waals surface area contributed by atoms with E-state index in [9.17, 15) is 0 Å². The van der Waals surface area contributed by atoms with Gasteiger partial charge in [0, 0.05) is 0 Å². The number of benzene rings is 1. The van der Waals surface area contributed by atoms with Crippen LogP contribution in [0.4, 0.5) is 0 Å². The lowest BCUT2D eigenvalue weighted by molar-refractivity contribution is 0.226. The van der Waals surface area contributed by atoms with Crippen LogP contribution in [0, 0.1) is 12.8 Å². The van der Waals surface area contributed by atoms with Crippen molar-refractivity contribution in [3.63, 3.8) is 0 Å². The SMILES string of the molecule is C#C.COc1ccc(CCCN2CCCCC2)cc1OC. The molecule has 1 saturated heterocycles. The summed E-state index contributed by atoms with van der Waals surface area (Å²) in [7, 11) is 3.36. The van der Waals surface area contributed by atoms with E-state index in [1.54, 1.807) is 14.2 Å². The van der Waals surface area contributed by atoms with Gasteiger partial charge in [0.15, 0.2) is 11.5 Å². The van der Waals surface area contributed by atoms with Crippen LogP contribution in [0.1, 0.15) is 31.2 Å². The van der Waals surface area contributed by atoms with E-state index in [1.807, 2.05) is 6.07 Å². The van der Waals surface area contributed by atoms with Crippen LogP contribution < -0.4 is 9.47 Å². The van der Waals surface area contributed by atoms with E-state index < -0.39 is 0 Å². The molecule has 1 aliphatic heterocycles. The highest BCUT2D eigenvalue weighted by atomic mass is 16.5. The van der Waals surface area contributed by atoms with Gasteiger partial charge in [-0.15, -0.1) is 12.8 Å². The summed E-state index contributed by atoms with van der Waals surface area (Å²) in [5.74, 6) is 1.64. The molecule has 0 unspecified atom stereocenters. The quantitative estimate of drug-likeness (QED) is 0.749. The Morgan fingerprint density at radius 3 is 2.29 bits per heavy atom. The zero-order chi connectivity index (χ0) is 15.5. The summed E-state index contributed by atoms with van der Waals surface area (Å²) in [5, 5.41) is 0. The third-order valence-corrected chi connectivity index (χ3v) is 3.84. The molecule has 0 atom stereocenters. The third-order valence-electron chi connectivity index (χ3n) is 3.84. The lowest BCUT2D eigenvalue weighted by atomic mass is 10.1. The van der Waals surface area contributed by atoms with Crippen molar-refractivity contribution in [2.45, 2.75) is 32.1 Å². The molecule has 0 spiro atoms. The van der Waals surface area contributed by atoms with Crippen LogP contribution in [-0.2, 0) is 6.42 Å². The summed E-state index contributed by atoms with van der Waals surface area (Å²) in [6.07, 6.45) is 14.5. The average Bonchev–Trinajstić information content (AvgIpc) is 2.57. The Labute approximate surface area is 129 Å². The molecule has 1 fully saturated rings. The highest BCUT2D eigenvalue weighted by molar-refractivity contribution is 5.42. The average molecular weight is 289 g/mol. The monoisotopic (exact) mass is 289 g/mol. The predicted molar refractivity (Wildman–Crippen MR) is 88.0 cm³/mol. The fraction of sp³-hybridized carbons (Fsp3) is 0.556. The van der Waals surface area contributed by atoms with Crippen LogP contribution in [0.5, 0.6) is 11.5 Å². The molecule has 0 saturated carbocycles. The molecule has 3 heteroatoms. The molecule has 116 valence electrons. The van der Waals surface area contributed by atoms with E-state index in [-0.39, 0.29) is 0 Å². The van der Waals surface area contributed by atoms with Gasteiger partial charge in [-0.3, -0.25) is 0 Å². The van der Waals surface area contributed by atoms with Crippen LogP contribution in [-0.4, -0.2) is 38.8 Å². The van der Waals surface area contributed by atoms with E-state index in [2.05, 4.69) is 29.9 Å². The molecule has 2 rings (SSSR count). The first kappa shape index (κ1) is 17.4. The summed E-state index contributed by atoms with van der Waals surface area (Å²) in [4.78, 5) is 2.59. The number of rotatable bonds is 6. The van der Waals surface area contributed by atoms with Gasteiger partial charge in [0.1, 0.15) is 0 Å². The van der Waals surface area contributed by atoms with Crippen LogP contribution >= 0.6 is 0 Å². The minimum absolute atomic E-state index is 0.808. The summed E-state index contributed by atoms with van der Waals surface area (Å²) in [6, 6.07) is 6.22. The summed E-state index contributed by atoms with van der Waals surface area (Å²) in [5.41, 5.74) is 1.33. The molecule has 0 N–H and O–H groups in total. The number of hydrogen-bond donors (Lipinski definition) is 0. The van der Waals surface area contributed by atoms with Crippen LogP contribution in [0.25, 0.3) is 0 Å². The number of likely N-dealkylation sites (tertiary alicyclic amines) is 1. The topological polar surface area (TPSA) is 21.7 Å². The van der Waals surface area contributed by atoms with E-state index in [4.69, 9.17) is 9.47 Å². The van der Waals surface area contributed by atoms with Gasteiger partial charge in [-0.25, -0.2) is 0 Å². The van der Waals surface area contributed by atoms with Gasteiger partial charge in [-0.05, 0) is 63.0 Å². The van der Waals surface area contributed by atoms with Crippen molar-refractivity contribution in [3.05, 3.63) is 23.8 Å². The lowest BCUT2D eigenvalue weighted by Crippen LogP contribution is -2.30. The smallest absolute Gasteiger partial charge is 0.160 e. The molecule has 1 aromatic rings. The largest absolute Gasteiger partial charge is 0.493 e. The second-order valence-corrected chi connectivity index (χ2v) is 5.20. The van der Waals surface area contributed by atoms with E-state index in [0.29, 0.717) is 0 Å². The lowest BCUT2D eigenvalue weighted by Gasteiger charge is -2.26. The second-order valence-electron chi connectivity index (χ2n) is 5.20. The van der Waals surface area contributed by atoms with Crippen molar-refractivity contribution < 1.29 is 9.47 Å². The molecule has 0 bridgehead atoms. The normalized spacial score (nSPS) is 14.9. The molecule has 0 amide bonds. The molecular weight excluding hydrogens is 262 g/mol. The molecule has 1 aromatic carbocycles. The third kappa shape index (κ3) is 5.69. The summed E-state index contributed by atoms with van der Waals surface area (Å²) >= 11 is 0. The fourth-order valence-corrected chi connectivity index (χ4v) is 2.73. The number of hydrogen-bond acceptors (Lipinski definition) is 3. The number of ether oxygens (including phenoxy) is 2. The van der Waals surface area contributed by atoms with Crippen LogP contribution in [0.15, 0.2) is 18.2 Å². The summed E-state index contributed by atoms with van der Waals surface area (Å²) in [6.45, 7) is 3.78. The number of piperidine rings is 1. The molecule has 3 nitrogen and oxygen atoms in total. The number of nitrogens with zero attached hydrogens (tertiary/aromatic N) is 1. The first-order valence-electron chi connectivity index (χ1n) is 7.60. The zero-order valence-corrected chi connectivity index (χ0v) is 13.3. The summed E-state index contributed by atoms with van der Waals surface area (Å²) < 4.78 is 10.6. The van der Waals surface area contributed by atoms with Crippen molar-refractivity contribution >= 4 is 0 Å². The maximum atomic E-state index is 5.34. The zero-order valence-electron chi connectivity index (χ0n) is 13.3. The first-order chi connectivity index (χ1) is 10.3. The van der Waals surface area contributed by atoms with Crippen molar-refractivity contribution in [3.8, 4) is 24.3 Å². The standard InChI is InChI=1S/C16H25NO2.C2H2/c1-18-15-9-8-14(13-16(15)19-2)7-6-12-17-10-4-3-5-11-17;1-2/h8-9,13H,3-7,10-12H2,1-2H3;1-2H. The van der Waals surface area contributed by atoms with Crippen LogP contribution in [0.3, 0.4) is 0 Å². The highest BCUT2D eigenvalue weighted by Crippen LogP contribution is 2.28. The van der Waals surface area contributed by atoms with Gasteiger partial charge in [-0.1, -0.05) is 12.5 Å². The van der Waals surface area contributed by atoms with E-state index in [0.717, 1.165) is 17.9 Å². The minimum Gasteiger partial charge on any atom is -0.493 e. The van der Waals surface area contributed by atoms with Crippen molar-refractivity contribution in [1.29, 1.82) is 0 Å². The van der Waals surface area contributed by atoms with Crippen molar-refractivity contribution in [2.24, 2.45) is 0 Å². The Kier molecular flexibility index (Phi) is 8.38. The molecule has 1 heterocycles. The van der Waals surface area contributed by atoms with E-state index >= 15 is 0 Å². The Morgan fingerprint density at radius 2 is 1.67 bits per heavy atom. The van der Waals surface area contributed by atoms with E-state index in [1.165, 1.54) is 50.9 Å². The van der Waals surface area contributed by atoms with Gasteiger partial charge >= 0.3 is 0 Å². The predicted octanol–water partition coefficient (Wildman–Crippen LogP) is 3.37. The van der Waals surface area contributed by atoms with Crippen LogP contribution in [0.2, 0.25) is 0 Å². The first-order valence-corrected chi connectivity index (χ1v) is 7.60. The van der Waals surface area contributed by atoms with Gasteiger partial charge in [0.25, 0.3) is 0 Å². The molecule has 0 radical (unpaired) electrons. The highest BCUT2D eigenvalue weighted by Gasteiger charge is 2.09. The fourth-order valence-electron chi connectivity index (χ4n) is 2.73. The van der Waals surface area contributed by atoms with Gasteiger partial charge in [0.05, 0.1) is 14.2 Å². The van der Waals surface area contributed by atoms with Crippen molar-refractivity contribution in [2.75, 3.05) is 33.9 Å². The second kappa shape index (κ2) is 10.1. The Hall–Kier alpha value is -1.66. The number of methoxy groups -OCH3 is 2. The van der Waals surface area contributed by atoms with Gasteiger partial charge in [-0.2, -0.15) is 0 Å². The molecular formula is C18H27NO2. The molecule has 1 aliphatic rings. The maximum absolute atomic E-state index is 5.34.